The van der Waals surface area contributed by atoms with Gasteiger partial charge in [0.2, 0.25) is 11.8 Å². The fourth-order valence-corrected chi connectivity index (χ4v) is 10.0. The normalized spacial score (nSPS) is 23.7. The molecule has 0 saturated carbocycles. The molecule has 61 heavy (non-hydrogen) atoms. The SMILES string of the molecule is COC(=O)N[C@H](C(=O)N1C[C@@H](C)C[C@@H]1c1ncc(-c2ccc(-c3ccc(-c4cnc([C@@H]5C[C@H](C)CN5C(=O)[C@H](NC(=O)OC)C(C)C)[nH]4)cc3)c3c2C2C=CC3C2)[nH]1)C(C)C. The van der Waals surface area contributed by atoms with Gasteiger partial charge in [0.1, 0.15) is 23.7 Å². The predicted molar refractivity (Wildman–Crippen MR) is 231 cm³/mol. The molecule has 8 atom stereocenters. The Hall–Kier alpha value is -5.92. The third-order valence-electron chi connectivity index (χ3n) is 13.1. The van der Waals surface area contributed by atoms with Crippen molar-refractivity contribution in [1.29, 1.82) is 0 Å². The number of benzene rings is 2. The van der Waals surface area contributed by atoms with Gasteiger partial charge in [-0.05, 0) is 70.8 Å². The lowest BCUT2D eigenvalue weighted by atomic mass is 9.85. The second-order valence-electron chi connectivity index (χ2n) is 18.2. The van der Waals surface area contributed by atoms with Crippen molar-refractivity contribution in [3.05, 3.63) is 83.7 Å². The summed E-state index contributed by atoms with van der Waals surface area (Å²) in [6, 6.07) is 11.1. The topological polar surface area (TPSA) is 175 Å². The Morgan fingerprint density at radius 1 is 0.639 bits per heavy atom. The Balaban J connectivity index is 1.03. The summed E-state index contributed by atoms with van der Waals surface area (Å²) in [6.45, 7) is 13.1. The number of hydrogen-bond donors (Lipinski definition) is 4. The van der Waals surface area contributed by atoms with Crippen LogP contribution in [0.25, 0.3) is 33.6 Å². The van der Waals surface area contributed by atoms with Gasteiger partial charge in [0.15, 0.2) is 0 Å². The number of ether oxygens (including phenoxy) is 2. The highest BCUT2D eigenvalue weighted by atomic mass is 16.5. The maximum Gasteiger partial charge on any atom is 0.407 e. The van der Waals surface area contributed by atoms with Crippen LogP contribution in [-0.2, 0) is 19.1 Å². The number of rotatable bonds is 11. The molecule has 2 aromatic heterocycles. The lowest BCUT2D eigenvalue weighted by Gasteiger charge is -2.30. The number of nitrogens with one attached hydrogen (secondary N) is 4. The largest absolute Gasteiger partial charge is 0.453 e. The smallest absolute Gasteiger partial charge is 0.407 e. The van der Waals surface area contributed by atoms with Crippen LogP contribution in [0.4, 0.5) is 9.59 Å². The quantitative estimate of drug-likeness (QED) is 0.111. The molecule has 4 aromatic rings. The first kappa shape index (κ1) is 41.8. The summed E-state index contributed by atoms with van der Waals surface area (Å²) in [5.41, 5.74) is 8.93. The van der Waals surface area contributed by atoms with Crippen LogP contribution in [0.5, 0.6) is 0 Å². The van der Waals surface area contributed by atoms with Gasteiger partial charge in [-0.2, -0.15) is 0 Å². The third kappa shape index (κ3) is 7.92. The summed E-state index contributed by atoms with van der Waals surface area (Å²) in [6.07, 6.45) is 9.73. The molecular formula is C47H58N8O6. The molecule has 2 bridgehead atoms. The first-order chi connectivity index (χ1) is 29.3. The first-order valence-electron chi connectivity index (χ1n) is 21.6. The number of aromatic nitrogens is 4. The average molecular weight is 831 g/mol. The number of hydrogen-bond acceptors (Lipinski definition) is 8. The van der Waals surface area contributed by atoms with E-state index in [1.54, 1.807) is 0 Å². The number of nitrogens with zero attached hydrogens (tertiary/aromatic N) is 4. The molecule has 2 aliphatic carbocycles. The van der Waals surface area contributed by atoms with Crippen LogP contribution in [0.2, 0.25) is 0 Å². The molecule has 2 fully saturated rings. The van der Waals surface area contributed by atoms with Crippen LogP contribution in [-0.4, -0.2) is 93.1 Å². The summed E-state index contributed by atoms with van der Waals surface area (Å²) in [5.74, 6) is 2.16. The van der Waals surface area contributed by atoms with Gasteiger partial charge in [0.25, 0.3) is 0 Å². The minimum absolute atomic E-state index is 0.116. The molecule has 2 unspecified atom stereocenters. The molecule has 14 heteroatoms. The van der Waals surface area contributed by atoms with E-state index in [0.29, 0.717) is 24.9 Å². The molecule has 2 saturated heterocycles. The summed E-state index contributed by atoms with van der Waals surface area (Å²) in [5, 5.41) is 5.47. The molecule has 0 spiro atoms. The number of carbonyl (C=O) groups is 4. The standard InChI is InChI=1S/C47H58N8O6/c1-24(2)40(52-46(58)60-7)44(56)54-22-26(5)17-36(54)42-48-20-34(50-42)29-11-9-28(10-12-29)32-15-16-33(39-31-14-13-30(19-31)38(32)39)35-21-49-43(51-35)37-18-27(6)23-55(37)45(57)41(25(3)4)53-47(59)61-8/h9-16,20-21,24-27,30-31,36-37,40-41H,17-19,22-23H2,1-8H3,(H,48,50)(H,49,51)(H,52,58)(H,53,59)/t26-,27-,30?,31?,36-,37+,40+,41-/m0/s1. The molecular weight excluding hydrogens is 773 g/mol. The Morgan fingerprint density at radius 3 is 1.57 bits per heavy atom. The average Bonchev–Trinajstić information content (AvgIpc) is 4.12. The van der Waals surface area contributed by atoms with Gasteiger partial charge in [-0.1, -0.05) is 90.1 Å². The lowest BCUT2D eigenvalue weighted by molar-refractivity contribution is -0.136. The van der Waals surface area contributed by atoms with E-state index in [9.17, 15) is 19.2 Å². The molecule has 4 heterocycles. The highest BCUT2D eigenvalue weighted by Crippen LogP contribution is 2.55. The maximum atomic E-state index is 13.9. The second kappa shape index (κ2) is 16.9. The number of likely N-dealkylation sites (tertiary alicyclic amines) is 2. The maximum absolute atomic E-state index is 13.9. The Morgan fingerprint density at radius 2 is 1.08 bits per heavy atom. The van der Waals surface area contributed by atoms with Crippen molar-refractivity contribution in [1.82, 2.24) is 40.4 Å². The van der Waals surface area contributed by atoms with Crippen molar-refractivity contribution < 1.29 is 28.7 Å². The summed E-state index contributed by atoms with van der Waals surface area (Å²) in [4.78, 5) is 72.4. The Kier molecular flexibility index (Phi) is 11.5. The highest BCUT2D eigenvalue weighted by molar-refractivity contribution is 5.87. The van der Waals surface area contributed by atoms with Gasteiger partial charge in [-0.3, -0.25) is 9.59 Å². The fourth-order valence-electron chi connectivity index (χ4n) is 10.0. The number of fused-ring (bicyclic) bond motifs is 5. The molecule has 322 valence electrons. The van der Waals surface area contributed by atoms with E-state index in [-0.39, 0.29) is 47.6 Å². The zero-order valence-electron chi connectivity index (χ0n) is 36.3. The molecule has 2 aromatic carbocycles. The van der Waals surface area contributed by atoms with Crippen LogP contribution in [0.1, 0.15) is 108 Å². The Labute approximate surface area is 357 Å². The summed E-state index contributed by atoms with van der Waals surface area (Å²) < 4.78 is 9.63. The number of amides is 4. The van der Waals surface area contributed by atoms with Crippen LogP contribution >= 0.6 is 0 Å². The lowest BCUT2D eigenvalue weighted by Crippen LogP contribution is -2.51. The van der Waals surface area contributed by atoms with Crippen molar-refractivity contribution >= 4 is 24.0 Å². The van der Waals surface area contributed by atoms with Gasteiger partial charge in [0.05, 0.1) is 50.1 Å². The van der Waals surface area contributed by atoms with E-state index in [4.69, 9.17) is 19.4 Å². The van der Waals surface area contributed by atoms with Crippen molar-refractivity contribution in [3.8, 4) is 33.6 Å². The molecule has 8 rings (SSSR count). The van der Waals surface area contributed by atoms with Crippen molar-refractivity contribution in [3.63, 3.8) is 0 Å². The van der Waals surface area contributed by atoms with E-state index >= 15 is 0 Å². The van der Waals surface area contributed by atoms with E-state index in [2.05, 4.69) is 83.0 Å². The van der Waals surface area contributed by atoms with E-state index in [1.165, 1.54) is 30.9 Å². The van der Waals surface area contributed by atoms with Crippen LogP contribution in [0.3, 0.4) is 0 Å². The van der Waals surface area contributed by atoms with Crippen molar-refractivity contribution in [2.45, 2.75) is 96.8 Å². The van der Waals surface area contributed by atoms with Crippen LogP contribution in [0, 0.1) is 23.7 Å². The van der Waals surface area contributed by atoms with Gasteiger partial charge >= 0.3 is 12.2 Å². The van der Waals surface area contributed by atoms with Gasteiger partial charge < -0.3 is 39.9 Å². The Bertz CT molecular complexity index is 2330. The third-order valence-corrected chi connectivity index (χ3v) is 13.1. The summed E-state index contributed by atoms with van der Waals surface area (Å²) >= 11 is 0. The van der Waals surface area contributed by atoms with E-state index < -0.39 is 24.3 Å². The van der Waals surface area contributed by atoms with Crippen molar-refractivity contribution in [2.24, 2.45) is 23.7 Å². The predicted octanol–water partition coefficient (Wildman–Crippen LogP) is 7.85. The molecule has 4 amide bonds. The summed E-state index contributed by atoms with van der Waals surface area (Å²) in [7, 11) is 2.60. The molecule has 4 N–H and O–H groups in total. The van der Waals surface area contributed by atoms with Crippen LogP contribution < -0.4 is 10.6 Å². The van der Waals surface area contributed by atoms with Gasteiger partial charge in [0, 0.05) is 30.5 Å². The number of imidazole rings is 2. The van der Waals surface area contributed by atoms with Crippen molar-refractivity contribution in [2.75, 3.05) is 27.3 Å². The number of carbonyl (C=O) groups excluding carboxylic acids is 4. The zero-order chi connectivity index (χ0) is 43.3. The van der Waals surface area contributed by atoms with Gasteiger partial charge in [-0.25, -0.2) is 19.6 Å². The molecule has 14 nitrogen and oxygen atoms in total. The minimum atomic E-state index is -0.704. The molecule has 2 aliphatic heterocycles. The number of H-pyrrole nitrogens is 2. The van der Waals surface area contributed by atoms with E-state index in [0.717, 1.165) is 59.0 Å². The monoisotopic (exact) mass is 830 g/mol. The number of alkyl carbamates (subject to hydrolysis) is 2. The molecule has 4 aliphatic rings. The second-order valence-corrected chi connectivity index (χ2v) is 18.2. The molecule has 0 radical (unpaired) electrons. The minimum Gasteiger partial charge on any atom is -0.453 e. The number of aromatic amines is 2. The van der Waals surface area contributed by atoms with E-state index in [1.807, 2.05) is 49.9 Å². The van der Waals surface area contributed by atoms with Crippen LogP contribution in [0.15, 0.2) is 60.9 Å². The highest BCUT2D eigenvalue weighted by Gasteiger charge is 2.42. The first-order valence-corrected chi connectivity index (χ1v) is 21.6. The number of methoxy groups -OCH3 is 2. The number of allylic oxidation sites excluding steroid dienone is 2. The fraction of sp³-hybridized carbons (Fsp3) is 0.489. The zero-order valence-corrected chi connectivity index (χ0v) is 36.3. The van der Waals surface area contributed by atoms with Gasteiger partial charge in [-0.15, -0.1) is 0 Å².